The van der Waals surface area contributed by atoms with E-state index >= 15 is 0 Å². The van der Waals surface area contributed by atoms with Crippen molar-refractivity contribution in [2.75, 3.05) is 0 Å². The second kappa shape index (κ2) is 3.84. The predicted molar refractivity (Wildman–Crippen MR) is 57.7 cm³/mol. The Hall–Kier alpha value is -1.29. The largest absolute Gasteiger partial charge is 0.264 e. The van der Waals surface area contributed by atoms with Crippen molar-refractivity contribution in [2.45, 2.75) is 6.92 Å². The summed E-state index contributed by atoms with van der Waals surface area (Å²) < 4.78 is 0.921. The Bertz CT molecular complexity index is 442. The van der Waals surface area contributed by atoms with Gasteiger partial charge in [-0.15, -0.1) is 0 Å². The van der Waals surface area contributed by atoms with Gasteiger partial charge >= 0.3 is 0 Å². The lowest BCUT2D eigenvalue weighted by molar-refractivity contribution is 1.09. The highest BCUT2D eigenvalue weighted by molar-refractivity contribution is 9.10. The van der Waals surface area contributed by atoms with Gasteiger partial charge in [0.2, 0.25) is 0 Å². The van der Waals surface area contributed by atoms with E-state index in [4.69, 9.17) is 0 Å². The summed E-state index contributed by atoms with van der Waals surface area (Å²) in [7, 11) is 0. The normalized spacial score (nSPS) is 10.1. The van der Waals surface area contributed by atoms with Crippen LogP contribution in [0.1, 0.15) is 5.69 Å². The maximum Gasteiger partial charge on any atom is 0.160 e. The number of nitrogens with zero attached hydrogens (tertiary/aromatic N) is 3. The third-order valence-electron chi connectivity index (χ3n) is 1.84. The maximum atomic E-state index is 4.34. The highest BCUT2D eigenvalue weighted by Gasteiger charge is 2.02. The fraction of sp³-hybridized carbons (Fsp3) is 0.100. The molecule has 2 heterocycles. The van der Waals surface area contributed by atoms with Gasteiger partial charge in [-0.1, -0.05) is 0 Å². The fourth-order valence-electron chi connectivity index (χ4n) is 1.09. The number of rotatable bonds is 1. The van der Waals surface area contributed by atoms with Crippen LogP contribution in [0, 0.1) is 6.92 Å². The van der Waals surface area contributed by atoms with E-state index in [1.54, 1.807) is 18.6 Å². The Balaban J connectivity index is 2.48. The molecule has 0 unspecified atom stereocenters. The fourth-order valence-corrected chi connectivity index (χ4v) is 1.28. The number of halogens is 1. The Kier molecular flexibility index (Phi) is 2.54. The van der Waals surface area contributed by atoms with Gasteiger partial charge in [0.05, 0.1) is 10.2 Å². The molecule has 0 amide bonds. The van der Waals surface area contributed by atoms with Gasteiger partial charge in [-0.25, -0.2) is 9.97 Å². The number of aromatic nitrogens is 3. The first kappa shape index (κ1) is 9.27. The number of aryl methyl sites for hydroxylation is 1. The van der Waals surface area contributed by atoms with E-state index in [1.807, 2.05) is 19.1 Å². The monoisotopic (exact) mass is 249 g/mol. The summed E-state index contributed by atoms with van der Waals surface area (Å²) in [5.41, 5.74) is 1.86. The standard InChI is InChI=1S/C10H8BrN3/c1-7-9(11)6-13-10(14-7)8-3-2-4-12-5-8/h2-6H,1H3. The molecule has 0 aliphatic heterocycles. The first-order chi connectivity index (χ1) is 6.77. The quantitative estimate of drug-likeness (QED) is 0.780. The molecule has 0 N–H and O–H groups in total. The lowest BCUT2D eigenvalue weighted by Gasteiger charge is -2.01. The van der Waals surface area contributed by atoms with E-state index in [-0.39, 0.29) is 0 Å². The molecule has 3 nitrogen and oxygen atoms in total. The van der Waals surface area contributed by atoms with Crippen molar-refractivity contribution in [1.29, 1.82) is 0 Å². The summed E-state index contributed by atoms with van der Waals surface area (Å²) in [5.74, 6) is 0.707. The van der Waals surface area contributed by atoms with Gasteiger partial charge in [0, 0.05) is 24.2 Å². The third-order valence-corrected chi connectivity index (χ3v) is 2.62. The van der Waals surface area contributed by atoms with Crippen LogP contribution in [0.2, 0.25) is 0 Å². The van der Waals surface area contributed by atoms with Crippen molar-refractivity contribution in [3.63, 3.8) is 0 Å². The molecular weight excluding hydrogens is 242 g/mol. The average molecular weight is 250 g/mol. The first-order valence-corrected chi connectivity index (χ1v) is 4.96. The van der Waals surface area contributed by atoms with E-state index < -0.39 is 0 Å². The second-order valence-electron chi connectivity index (χ2n) is 2.87. The van der Waals surface area contributed by atoms with Crippen molar-refractivity contribution in [3.05, 3.63) is 40.9 Å². The minimum Gasteiger partial charge on any atom is -0.264 e. The molecule has 0 aromatic carbocycles. The van der Waals surface area contributed by atoms with E-state index in [9.17, 15) is 0 Å². The van der Waals surface area contributed by atoms with Gasteiger partial charge < -0.3 is 0 Å². The Morgan fingerprint density at radius 2 is 2.14 bits per heavy atom. The van der Waals surface area contributed by atoms with Crippen LogP contribution in [0.25, 0.3) is 11.4 Å². The van der Waals surface area contributed by atoms with Crippen LogP contribution < -0.4 is 0 Å². The van der Waals surface area contributed by atoms with E-state index in [2.05, 4.69) is 30.9 Å². The van der Waals surface area contributed by atoms with Crippen molar-refractivity contribution < 1.29 is 0 Å². The van der Waals surface area contributed by atoms with Crippen molar-refractivity contribution in [1.82, 2.24) is 15.0 Å². The molecule has 0 bridgehead atoms. The van der Waals surface area contributed by atoms with E-state index in [0.717, 1.165) is 15.7 Å². The molecule has 0 fully saturated rings. The number of hydrogen-bond acceptors (Lipinski definition) is 3. The zero-order chi connectivity index (χ0) is 9.97. The lowest BCUT2D eigenvalue weighted by atomic mass is 10.2. The molecule has 0 saturated carbocycles. The molecule has 70 valence electrons. The summed E-state index contributed by atoms with van der Waals surface area (Å²) in [4.78, 5) is 12.6. The second-order valence-corrected chi connectivity index (χ2v) is 3.72. The molecule has 0 spiro atoms. The summed E-state index contributed by atoms with van der Waals surface area (Å²) in [6.45, 7) is 1.94. The number of hydrogen-bond donors (Lipinski definition) is 0. The van der Waals surface area contributed by atoms with Gasteiger partial charge in [0.1, 0.15) is 0 Å². The van der Waals surface area contributed by atoms with Crippen LogP contribution >= 0.6 is 15.9 Å². The van der Waals surface area contributed by atoms with Gasteiger partial charge in [0.25, 0.3) is 0 Å². The Morgan fingerprint density at radius 1 is 1.29 bits per heavy atom. The summed E-state index contributed by atoms with van der Waals surface area (Å²) in [6.07, 6.45) is 5.24. The highest BCUT2D eigenvalue weighted by atomic mass is 79.9. The molecular formula is C10H8BrN3. The molecule has 4 heteroatoms. The predicted octanol–water partition coefficient (Wildman–Crippen LogP) is 2.61. The minimum atomic E-state index is 0.707. The van der Waals surface area contributed by atoms with Crippen molar-refractivity contribution in [2.24, 2.45) is 0 Å². The molecule has 0 aliphatic carbocycles. The van der Waals surface area contributed by atoms with Crippen LogP contribution in [0.4, 0.5) is 0 Å². The van der Waals surface area contributed by atoms with Crippen LogP contribution in [-0.4, -0.2) is 15.0 Å². The minimum absolute atomic E-state index is 0.707. The molecule has 2 aromatic rings. The first-order valence-electron chi connectivity index (χ1n) is 4.17. The lowest BCUT2D eigenvalue weighted by Crippen LogP contribution is -1.92. The van der Waals surface area contributed by atoms with Crippen LogP contribution in [0.5, 0.6) is 0 Å². The highest BCUT2D eigenvalue weighted by Crippen LogP contribution is 2.17. The SMILES string of the molecule is Cc1nc(-c2cccnc2)ncc1Br. The third kappa shape index (κ3) is 1.80. The smallest absolute Gasteiger partial charge is 0.160 e. The average Bonchev–Trinajstić information content (AvgIpc) is 2.23. The maximum absolute atomic E-state index is 4.34. The topological polar surface area (TPSA) is 38.7 Å². The van der Waals surface area contributed by atoms with E-state index in [1.165, 1.54) is 0 Å². The molecule has 0 atom stereocenters. The van der Waals surface area contributed by atoms with Crippen LogP contribution in [0.3, 0.4) is 0 Å². The molecule has 0 saturated heterocycles. The van der Waals surface area contributed by atoms with Gasteiger partial charge in [-0.05, 0) is 35.0 Å². The van der Waals surface area contributed by atoms with Crippen molar-refractivity contribution in [3.8, 4) is 11.4 Å². The van der Waals surface area contributed by atoms with Crippen LogP contribution in [0.15, 0.2) is 35.2 Å². The van der Waals surface area contributed by atoms with Gasteiger partial charge in [-0.3, -0.25) is 4.98 Å². The Morgan fingerprint density at radius 3 is 2.79 bits per heavy atom. The summed E-state index contributed by atoms with van der Waals surface area (Å²) >= 11 is 3.36. The number of pyridine rings is 1. The van der Waals surface area contributed by atoms with Gasteiger partial charge in [0.15, 0.2) is 5.82 Å². The van der Waals surface area contributed by atoms with Crippen molar-refractivity contribution >= 4 is 15.9 Å². The molecule has 2 aromatic heterocycles. The molecule has 0 radical (unpaired) electrons. The molecule has 0 aliphatic rings. The summed E-state index contributed by atoms with van der Waals surface area (Å²) in [5, 5.41) is 0. The molecule has 14 heavy (non-hydrogen) atoms. The van der Waals surface area contributed by atoms with Crippen LogP contribution in [-0.2, 0) is 0 Å². The zero-order valence-electron chi connectivity index (χ0n) is 7.61. The van der Waals surface area contributed by atoms with E-state index in [0.29, 0.717) is 5.82 Å². The van der Waals surface area contributed by atoms with Gasteiger partial charge in [-0.2, -0.15) is 0 Å². The zero-order valence-corrected chi connectivity index (χ0v) is 9.19. The summed E-state index contributed by atoms with van der Waals surface area (Å²) in [6, 6.07) is 3.81. The Labute approximate surface area is 90.4 Å². The molecule has 2 rings (SSSR count).